The highest BCUT2D eigenvalue weighted by Gasteiger charge is 2.41. The number of benzene rings is 2. The van der Waals surface area contributed by atoms with Crippen molar-refractivity contribution in [3.8, 4) is 6.01 Å². The van der Waals surface area contributed by atoms with Crippen LogP contribution in [0.3, 0.4) is 0 Å². The van der Waals surface area contributed by atoms with Crippen molar-refractivity contribution in [3.63, 3.8) is 0 Å². The van der Waals surface area contributed by atoms with Crippen LogP contribution in [0.25, 0.3) is 15.6 Å². The fourth-order valence-corrected chi connectivity index (χ4v) is 7.78. The smallest absolute Gasteiger partial charge is 0.318 e. The van der Waals surface area contributed by atoms with Crippen molar-refractivity contribution in [2.45, 2.75) is 51.1 Å². The Labute approximate surface area is 266 Å². The van der Waals surface area contributed by atoms with Gasteiger partial charge in [0.05, 0.1) is 18.8 Å². The van der Waals surface area contributed by atoms with Crippen LogP contribution in [0.4, 0.5) is 11.5 Å². The Morgan fingerprint density at radius 3 is 2.62 bits per heavy atom. The van der Waals surface area contributed by atoms with Gasteiger partial charge in [0.1, 0.15) is 11.9 Å². The van der Waals surface area contributed by atoms with Gasteiger partial charge in [-0.05, 0) is 62.7 Å². The van der Waals surface area contributed by atoms with Gasteiger partial charge < -0.3 is 29.2 Å². The minimum atomic E-state index is -0.216. The molecule has 4 aliphatic rings. The second-order valence-electron chi connectivity index (χ2n) is 13.2. The number of likely N-dealkylation sites (tertiary alicyclic amines) is 1. The lowest BCUT2D eigenvalue weighted by molar-refractivity contribution is -0.128. The number of amides is 1. The molecule has 1 saturated carbocycles. The summed E-state index contributed by atoms with van der Waals surface area (Å²) in [5.41, 5.74) is 3.55. The van der Waals surface area contributed by atoms with E-state index in [1.54, 1.807) is 4.90 Å². The Morgan fingerprint density at radius 2 is 1.84 bits per heavy atom. The maximum atomic E-state index is 12.6. The Kier molecular flexibility index (Phi) is 8.33. The molecule has 1 atom stereocenters. The van der Waals surface area contributed by atoms with E-state index < -0.39 is 0 Å². The minimum Gasteiger partial charge on any atom is -0.463 e. The second-order valence-corrected chi connectivity index (χ2v) is 13.2. The van der Waals surface area contributed by atoms with Crippen LogP contribution >= 0.6 is 0 Å². The molecule has 0 N–H and O–H groups in total. The standard InChI is InChI=1S/C36H43N7O2/c1-3-33(44)43-21-20-42(23-28(43)22-37-2)34-30-14-19-41(32-13-8-11-27-10-4-5-12-29(27)32)24-31(30)38-35(39-34)45-26-36(15-9-16-36)25-40-17-6-7-18-40/h3-5,8,10-13,28H,1,6-7,9,14-26H2. The number of ether oxygens (including phenoxy) is 1. The number of anilines is 2. The third-order valence-corrected chi connectivity index (χ3v) is 10.4. The summed E-state index contributed by atoms with van der Waals surface area (Å²) in [5.74, 6) is 0.780. The van der Waals surface area contributed by atoms with Gasteiger partial charge in [-0.3, -0.25) is 4.79 Å². The summed E-state index contributed by atoms with van der Waals surface area (Å²) in [6.45, 7) is 18.9. The number of aromatic nitrogens is 2. The van der Waals surface area contributed by atoms with Crippen molar-refractivity contribution in [1.29, 1.82) is 0 Å². The van der Waals surface area contributed by atoms with E-state index in [4.69, 9.17) is 21.3 Å². The second kappa shape index (κ2) is 12.7. The lowest BCUT2D eigenvalue weighted by Gasteiger charge is -2.44. The molecular formula is C36H43N7O2. The maximum absolute atomic E-state index is 12.6. The highest BCUT2D eigenvalue weighted by Crippen LogP contribution is 2.43. The van der Waals surface area contributed by atoms with Crippen LogP contribution in [-0.2, 0) is 17.8 Å². The van der Waals surface area contributed by atoms with Gasteiger partial charge in [-0.25, -0.2) is 6.57 Å². The fraction of sp³-hybridized carbons (Fsp3) is 0.500. The molecule has 0 spiro atoms. The molecule has 45 heavy (non-hydrogen) atoms. The molecular weight excluding hydrogens is 562 g/mol. The topological polar surface area (TPSA) is 69.4 Å². The predicted octanol–water partition coefficient (Wildman–Crippen LogP) is 4.96. The normalized spacial score (nSPS) is 21.2. The number of hydrogen-bond donors (Lipinski definition) is 0. The summed E-state index contributed by atoms with van der Waals surface area (Å²) < 4.78 is 6.56. The highest BCUT2D eigenvalue weighted by atomic mass is 16.5. The quantitative estimate of drug-likeness (QED) is 0.252. The zero-order chi connectivity index (χ0) is 30.8. The lowest BCUT2D eigenvalue weighted by Crippen LogP contribution is -2.56. The Hall–Kier alpha value is -4.16. The summed E-state index contributed by atoms with van der Waals surface area (Å²) in [6, 6.07) is 15.3. The molecule has 9 heteroatoms. The third kappa shape index (κ3) is 5.96. The molecule has 9 nitrogen and oxygen atoms in total. The zero-order valence-electron chi connectivity index (χ0n) is 26.2. The van der Waals surface area contributed by atoms with Crippen LogP contribution in [-0.4, -0.2) is 90.7 Å². The van der Waals surface area contributed by atoms with Gasteiger partial charge in [0.15, 0.2) is 0 Å². The van der Waals surface area contributed by atoms with Crippen molar-refractivity contribution in [3.05, 3.63) is 77.8 Å². The first kappa shape index (κ1) is 29.5. The monoisotopic (exact) mass is 605 g/mol. The molecule has 1 unspecified atom stereocenters. The highest BCUT2D eigenvalue weighted by molar-refractivity contribution is 5.94. The van der Waals surface area contributed by atoms with Crippen molar-refractivity contribution >= 4 is 28.2 Å². The van der Waals surface area contributed by atoms with Crippen LogP contribution in [0.2, 0.25) is 0 Å². The molecule has 234 valence electrons. The van der Waals surface area contributed by atoms with Gasteiger partial charge in [0.2, 0.25) is 12.5 Å². The molecule has 3 fully saturated rings. The number of nitrogens with zero attached hydrogens (tertiary/aromatic N) is 7. The van der Waals surface area contributed by atoms with E-state index in [0.29, 0.717) is 38.8 Å². The first-order valence-electron chi connectivity index (χ1n) is 16.5. The number of piperazine rings is 1. The van der Waals surface area contributed by atoms with E-state index in [9.17, 15) is 4.79 Å². The van der Waals surface area contributed by atoms with Gasteiger partial charge >= 0.3 is 6.01 Å². The number of carbonyl (C=O) groups excluding carboxylic acids is 1. The Bertz CT molecular complexity index is 1600. The largest absolute Gasteiger partial charge is 0.463 e. The van der Waals surface area contributed by atoms with E-state index >= 15 is 0 Å². The van der Waals surface area contributed by atoms with Crippen molar-refractivity contribution < 1.29 is 9.53 Å². The average Bonchev–Trinajstić information content (AvgIpc) is 3.58. The van der Waals surface area contributed by atoms with Crippen molar-refractivity contribution in [1.82, 2.24) is 19.8 Å². The first-order chi connectivity index (χ1) is 22.1. The number of rotatable bonds is 9. The van der Waals surface area contributed by atoms with Crippen LogP contribution in [0.15, 0.2) is 55.1 Å². The predicted molar refractivity (Wildman–Crippen MR) is 178 cm³/mol. The molecule has 0 bridgehead atoms. The van der Waals surface area contributed by atoms with Gasteiger partial charge in [0, 0.05) is 54.8 Å². The molecule has 1 amide bonds. The van der Waals surface area contributed by atoms with E-state index in [0.717, 1.165) is 36.6 Å². The summed E-state index contributed by atoms with van der Waals surface area (Å²) in [6.07, 6.45) is 8.38. The summed E-state index contributed by atoms with van der Waals surface area (Å²) >= 11 is 0. The van der Waals surface area contributed by atoms with E-state index in [1.165, 1.54) is 67.7 Å². The molecule has 7 rings (SSSR count). The van der Waals surface area contributed by atoms with Crippen LogP contribution in [0, 0.1) is 12.0 Å². The molecule has 0 radical (unpaired) electrons. The van der Waals surface area contributed by atoms with Gasteiger partial charge in [-0.2, -0.15) is 9.97 Å². The molecule has 4 heterocycles. The number of carbonyl (C=O) groups is 1. The Morgan fingerprint density at radius 1 is 1.02 bits per heavy atom. The summed E-state index contributed by atoms with van der Waals surface area (Å²) in [7, 11) is 0. The average molecular weight is 606 g/mol. The zero-order valence-corrected chi connectivity index (χ0v) is 26.2. The molecule has 2 aromatic carbocycles. The molecule has 1 aromatic heterocycles. The van der Waals surface area contributed by atoms with Crippen LogP contribution < -0.4 is 14.5 Å². The molecule has 3 aromatic rings. The first-order valence-corrected chi connectivity index (χ1v) is 16.5. The molecule has 3 aliphatic heterocycles. The van der Waals surface area contributed by atoms with E-state index in [1.807, 2.05) is 0 Å². The molecule has 2 saturated heterocycles. The van der Waals surface area contributed by atoms with Crippen molar-refractivity contribution in [2.24, 2.45) is 5.41 Å². The number of fused-ring (bicyclic) bond motifs is 2. The lowest BCUT2D eigenvalue weighted by atomic mass is 9.69. The Balaban J connectivity index is 1.19. The van der Waals surface area contributed by atoms with Gasteiger partial charge in [0.25, 0.3) is 0 Å². The van der Waals surface area contributed by atoms with Crippen LogP contribution in [0.1, 0.15) is 43.4 Å². The van der Waals surface area contributed by atoms with Gasteiger partial charge in [-0.1, -0.05) is 49.4 Å². The van der Waals surface area contributed by atoms with E-state index in [-0.39, 0.29) is 23.9 Å². The van der Waals surface area contributed by atoms with E-state index in [2.05, 4.69) is 68.6 Å². The van der Waals surface area contributed by atoms with Crippen LogP contribution in [0.5, 0.6) is 6.01 Å². The van der Waals surface area contributed by atoms with Gasteiger partial charge in [-0.15, -0.1) is 0 Å². The minimum absolute atomic E-state index is 0.119. The maximum Gasteiger partial charge on any atom is 0.318 e. The third-order valence-electron chi connectivity index (χ3n) is 10.4. The molecule has 1 aliphatic carbocycles. The number of hydrogen-bond acceptors (Lipinski definition) is 7. The SMILES string of the molecule is [C-]#[N+]CC1CN(c2nc(OCC3(CN4CCCC4)CCC3)nc3c2CCN(c2cccc4ccccc24)C3)CCN1C(=O)C=C. The van der Waals surface area contributed by atoms with Crippen molar-refractivity contribution in [2.75, 3.05) is 68.8 Å². The fourth-order valence-electron chi connectivity index (χ4n) is 7.78. The summed E-state index contributed by atoms with van der Waals surface area (Å²) in [4.78, 5) is 35.5. The summed E-state index contributed by atoms with van der Waals surface area (Å²) in [5, 5.41) is 2.47.